The van der Waals surface area contributed by atoms with Gasteiger partial charge in [-0.1, -0.05) is 23.2 Å². The van der Waals surface area contributed by atoms with Crippen molar-refractivity contribution in [3.8, 4) is 0 Å². The van der Waals surface area contributed by atoms with Crippen LogP contribution >= 0.6 is 35.8 Å². The molecule has 13 heavy (non-hydrogen) atoms. The number of rotatable bonds is 3. The zero-order chi connectivity index (χ0) is 9.84. The van der Waals surface area contributed by atoms with Crippen LogP contribution in [0.2, 0.25) is 10.3 Å². The van der Waals surface area contributed by atoms with E-state index < -0.39 is 0 Å². The minimum absolute atomic E-state index is 0.0677. The van der Waals surface area contributed by atoms with Crippen LogP contribution in [0.25, 0.3) is 0 Å². The van der Waals surface area contributed by atoms with Crippen LogP contribution in [0.15, 0.2) is 6.33 Å². The Morgan fingerprint density at radius 1 is 1.38 bits per heavy atom. The van der Waals surface area contributed by atoms with E-state index in [-0.39, 0.29) is 28.3 Å². The van der Waals surface area contributed by atoms with Crippen molar-refractivity contribution in [2.45, 2.75) is 6.42 Å². The number of hydrogen-bond acceptors (Lipinski definition) is 4. The van der Waals surface area contributed by atoms with Crippen molar-refractivity contribution >= 4 is 41.6 Å². The first-order chi connectivity index (χ1) is 6.15. The van der Waals surface area contributed by atoms with Crippen LogP contribution in [0.4, 0.5) is 0 Å². The molecule has 0 unspecified atom stereocenters. The molecule has 0 bridgehead atoms. The summed E-state index contributed by atoms with van der Waals surface area (Å²) in [4.78, 5) is 18.5. The van der Waals surface area contributed by atoms with Crippen molar-refractivity contribution in [3.63, 3.8) is 0 Å². The summed E-state index contributed by atoms with van der Waals surface area (Å²) in [6, 6.07) is 0. The summed E-state index contributed by atoms with van der Waals surface area (Å²) in [7, 11) is 0. The normalized spacial score (nSPS) is 10.1. The quantitative estimate of drug-likeness (QED) is 0.644. The molecule has 0 aliphatic heterocycles. The second kappa shape index (κ2) is 4.79. The van der Waals surface area contributed by atoms with E-state index in [1.165, 1.54) is 6.33 Å². The van der Waals surface area contributed by atoms with Crippen LogP contribution in [0, 0.1) is 0 Å². The van der Waals surface area contributed by atoms with E-state index in [1.807, 2.05) is 0 Å². The molecule has 3 nitrogen and oxygen atoms in total. The van der Waals surface area contributed by atoms with Crippen molar-refractivity contribution in [1.82, 2.24) is 9.97 Å². The summed E-state index contributed by atoms with van der Waals surface area (Å²) in [5.41, 5.74) is 0.463. The number of hydrogen-bond donors (Lipinski definition) is 1. The molecule has 0 saturated heterocycles. The number of aromatic nitrogens is 2. The maximum absolute atomic E-state index is 11.0. The van der Waals surface area contributed by atoms with Gasteiger partial charge in [0.2, 0.25) is 0 Å². The van der Waals surface area contributed by atoms with E-state index in [2.05, 4.69) is 22.6 Å². The Morgan fingerprint density at radius 3 is 2.38 bits per heavy atom. The first-order valence-electron chi connectivity index (χ1n) is 3.42. The van der Waals surface area contributed by atoms with Gasteiger partial charge >= 0.3 is 0 Å². The van der Waals surface area contributed by atoms with Gasteiger partial charge in [-0.25, -0.2) is 9.97 Å². The fourth-order valence-electron chi connectivity index (χ4n) is 0.770. The van der Waals surface area contributed by atoms with Gasteiger partial charge in [0.25, 0.3) is 0 Å². The molecule has 1 rings (SSSR count). The van der Waals surface area contributed by atoms with Gasteiger partial charge in [-0.2, -0.15) is 12.6 Å². The summed E-state index contributed by atoms with van der Waals surface area (Å²) in [5, 5.41) is 0.435. The van der Waals surface area contributed by atoms with Crippen LogP contribution < -0.4 is 0 Å². The lowest BCUT2D eigenvalue weighted by molar-refractivity contribution is -0.115. The lowest BCUT2D eigenvalue weighted by atomic mass is 10.2. The second-order valence-corrected chi connectivity index (χ2v) is 3.34. The number of Topliss-reactive ketones (excluding diaryl/α,β-unsaturated/α-hetero) is 1. The zero-order valence-electron chi connectivity index (χ0n) is 6.50. The molecule has 0 amide bonds. The molecule has 0 spiro atoms. The Labute approximate surface area is 90.9 Å². The average molecular weight is 237 g/mol. The van der Waals surface area contributed by atoms with Gasteiger partial charge in [0.15, 0.2) is 0 Å². The maximum Gasteiger partial charge on any atom is 0.147 e. The Bertz CT molecular complexity index is 312. The predicted molar refractivity (Wildman–Crippen MR) is 54.6 cm³/mol. The molecule has 70 valence electrons. The Balaban J connectivity index is 2.93. The average Bonchev–Trinajstić information content (AvgIpc) is 2.11. The third kappa shape index (κ3) is 2.83. The lowest BCUT2D eigenvalue weighted by Crippen LogP contribution is -2.06. The van der Waals surface area contributed by atoms with E-state index in [4.69, 9.17) is 23.2 Å². The van der Waals surface area contributed by atoms with Crippen molar-refractivity contribution in [1.29, 1.82) is 0 Å². The molecule has 0 atom stereocenters. The molecule has 0 aromatic carbocycles. The third-order valence-electron chi connectivity index (χ3n) is 1.39. The highest BCUT2D eigenvalue weighted by Gasteiger charge is 2.11. The Morgan fingerprint density at radius 2 is 1.92 bits per heavy atom. The molecule has 0 aliphatic rings. The van der Waals surface area contributed by atoms with Gasteiger partial charge in [0.05, 0.1) is 0 Å². The molecule has 0 saturated carbocycles. The molecular formula is C7H6Cl2N2OS. The first kappa shape index (κ1) is 10.8. The first-order valence-corrected chi connectivity index (χ1v) is 4.81. The summed E-state index contributed by atoms with van der Waals surface area (Å²) >= 11 is 15.3. The second-order valence-electron chi connectivity index (χ2n) is 2.31. The van der Waals surface area contributed by atoms with Crippen molar-refractivity contribution < 1.29 is 4.79 Å². The fraction of sp³-hybridized carbons (Fsp3) is 0.286. The maximum atomic E-state index is 11.0. The highest BCUT2D eigenvalue weighted by molar-refractivity contribution is 7.81. The molecule has 0 N–H and O–H groups in total. The highest BCUT2D eigenvalue weighted by atomic mass is 35.5. The van der Waals surface area contributed by atoms with Gasteiger partial charge in [-0.05, 0) is 0 Å². The summed E-state index contributed by atoms with van der Waals surface area (Å²) in [5.74, 6) is 0.0867. The third-order valence-corrected chi connectivity index (χ3v) is 2.39. The number of nitrogens with zero attached hydrogens (tertiary/aromatic N) is 2. The molecule has 0 aliphatic carbocycles. The summed E-state index contributed by atoms with van der Waals surface area (Å²) < 4.78 is 0. The number of halogens is 2. The Kier molecular flexibility index (Phi) is 3.96. The topological polar surface area (TPSA) is 42.9 Å². The van der Waals surface area contributed by atoms with Crippen molar-refractivity contribution in [3.05, 3.63) is 22.2 Å². The van der Waals surface area contributed by atoms with Crippen molar-refractivity contribution in [2.24, 2.45) is 0 Å². The summed E-state index contributed by atoms with van der Waals surface area (Å²) in [6.45, 7) is 0. The molecule has 1 heterocycles. The number of thiol groups is 1. The van der Waals surface area contributed by atoms with Crippen LogP contribution in [0.3, 0.4) is 0 Å². The van der Waals surface area contributed by atoms with Crippen LogP contribution in [0.1, 0.15) is 5.56 Å². The highest BCUT2D eigenvalue weighted by Crippen LogP contribution is 2.20. The standard InChI is InChI=1S/C7H6Cl2N2OS/c8-6-5(1-4(12)2-13)7(9)11-3-10-6/h3,13H,1-2H2. The van der Waals surface area contributed by atoms with Crippen LogP contribution in [-0.2, 0) is 11.2 Å². The number of carbonyl (C=O) groups is 1. The largest absolute Gasteiger partial charge is 0.298 e. The van der Waals surface area contributed by atoms with Crippen LogP contribution in [-0.4, -0.2) is 21.5 Å². The summed E-state index contributed by atoms with van der Waals surface area (Å²) in [6.07, 6.45) is 1.38. The minimum Gasteiger partial charge on any atom is -0.298 e. The monoisotopic (exact) mass is 236 g/mol. The van der Waals surface area contributed by atoms with E-state index in [0.29, 0.717) is 5.56 Å². The lowest BCUT2D eigenvalue weighted by Gasteiger charge is -2.02. The van der Waals surface area contributed by atoms with E-state index >= 15 is 0 Å². The molecule has 0 radical (unpaired) electrons. The van der Waals surface area contributed by atoms with E-state index in [9.17, 15) is 4.79 Å². The minimum atomic E-state index is -0.0677. The molecule has 1 aromatic rings. The van der Waals surface area contributed by atoms with Gasteiger partial charge in [-0.3, -0.25) is 4.79 Å². The SMILES string of the molecule is O=C(CS)Cc1c(Cl)ncnc1Cl. The smallest absolute Gasteiger partial charge is 0.147 e. The number of carbonyl (C=O) groups excluding carboxylic acids is 1. The van der Waals surface area contributed by atoms with Gasteiger partial charge in [-0.15, -0.1) is 0 Å². The van der Waals surface area contributed by atoms with Gasteiger partial charge in [0.1, 0.15) is 22.4 Å². The zero-order valence-corrected chi connectivity index (χ0v) is 8.90. The van der Waals surface area contributed by atoms with Gasteiger partial charge in [0, 0.05) is 17.7 Å². The van der Waals surface area contributed by atoms with Crippen LogP contribution in [0.5, 0.6) is 0 Å². The predicted octanol–water partition coefficient (Wildman–Crippen LogP) is 1.82. The molecule has 1 aromatic heterocycles. The van der Waals surface area contributed by atoms with E-state index in [0.717, 1.165) is 0 Å². The Hall–Kier alpha value is -0.320. The fourth-order valence-corrected chi connectivity index (χ4v) is 1.33. The van der Waals surface area contributed by atoms with E-state index in [1.54, 1.807) is 0 Å². The molecule has 6 heteroatoms. The molecule has 0 fully saturated rings. The van der Waals surface area contributed by atoms with Crippen molar-refractivity contribution in [2.75, 3.05) is 5.75 Å². The number of ketones is 1. The van der Waals surface area contributed by atoms with Gasteiger partial charge < -0.3 is 0 Å². The molecular weight excluding hydrogens is 231 g/mol.